The largest absolute Gasteiger partial charge is 0.462 e. The molecule has 0 N–H and O–H groups in total. The van der Waals surface area contributed by atoms with Gasteiger partial charge in [0.2, 0.25) is 0 Å². The maximum atomic E-state index is 11.8. The van der Waals surface area contributed by atoms with Crippen LogP contribution in [0, 0.1) is 12.8 Å². The van der Waals surface area contributed by atoms with Crippen molar-refractivity contribution in [2.24, 2.45) is 5.92 Å². The van der Waals surface area contributed by atoms with Crippen LogP contribution in [0.1, 0.15) is 35.1 Å². The zero-order valence-corrected chi connectivity index (χ0v) is 12.3. The van der Waals surface area contributed by atoms with E-state index in [0.717, 1.165) is 12.5 Å². The molecular formula is C13H16N4O2S. The van der Waals surface area contributed by atoms with Crippen LogP contribution in [-0.4, -0.2) is 32.6 Å². The quantitative estimate of drug-likeness (QED) is 0.791. The van der Waals surface area contributed by atoms with Crippen molar-refractivity contribution in [2.75, 3.05) is 6.61 Å². The molecule has 0 bridgehead atoms. The Bertz CT molecular complexity index is 630. The van der Waals surface area contributed by atoms with Gasteiger partial charge in [0.1, 0.15) is 15.6 Å². The molecule has 0 saturated heterocycles. The summed E-state index contributed by atoms with van der Waals surface area (Å²) in [5.74, 6) is 0.428. The highest BCUT2D eigenvalue weighted by atomic mass is 32.1. The van der Waals surface area contributed by atoms with Gasteiger partial charge in [-0.05, 0) is 32.6 Å². The number of nitrogens with zero attached hydrogens (tertiary/aromatic N) is 4. The number of rotatable bonds is 5. The van der Waals surface area contributed by atoms with Crippen LogP contribution in [0.15, 0.2) is 6.20 Å². The topological polar surface area (TPSA) is 69.9 Å². The summed E-state index contributed by atoms with van der Waals surface area (Å²) in [5, 5.41) is 8.96. The molecule has 1 saturated carbocycles. The van der Waals surface area contributed by atoms with Crippen LogP contribution in [0.2, 0.25) is 0 Å². The van der Waals surface area contributed by atoms with Crippen molar-refractivity contribution in [3.8, 4) is 10.7 Å². The number of hydrogen-bond donors (Lipinski definition) is 0. The maximum absolute atomic E-state index is 11.8. The molecule has 3 rings (SSSR count). The van der Waals surface area contributed by atoms with Crippen LogP contribution in [0.25, 0.3) is 10.7 Å². The molecule has 2 aromatic heterocycles. The van der Waals surface area contributed by atoms with Crippen molar-refractivity contribution in [2.45, 2.75) is 33.2 Å². The summed E-state index contributed by atoms with van der Waals surface area (Å²) < 4.78 is 6.87. The Labute approximate surface area is 120 Å². The third-order valence-electron chi connectivity index (χ3n) is 3.16. The van der Waals surface area contributed by atoms with Crippen LogP contribution in [0.3, 0.4) is 0 Å². The Kier molecular flexibility index (Phi) is 3.52. The van der Waals surface area contributed by atoms with Gasteiger partial charge in [0.15, 0.2) is 0 Å². The third kappa shape index (κ3) is 2.72. The predicted molar refractivity (Wildman–Crippen MR) is 74.5 cm³/mol. The summed E-state index contributed by atoms with van der Waals surface area (Å²) in [7, 11) is 0. The molecule has 0 atom stereocenters. The van der Waals surface area contributed by atoms with Crippen molar-refractivity contribution in [1.82, 2.24) is 20.0 Å². The Morgan fingerprint density at radius 1 is 1.55 bits per heavy atom. The van der Waals surface area contributed by atoms with E-state index in [9.17, 15) is 4.79 Å². The minimum Gasteiger partial charge on any atom is -0.462 e. The first-order valence-corrected chi connectivity index (χ1v) is 7.54. The summed E-state index contributed by atoms with van der Waals surface area (Å²) >= 11 is 1.31. The SMILES string of the molecule is CCOC(=O)c1sc(-c2cn(CC3CC3)nn2)nc1C. The van der Waals surface area contributed by atoms with Crippen molar-refractivity contribution >= 4 is 17.3 Å². The van der Waals surface area contributed by atoms with Crippen molar-refractivity contribution in [1.29, 1.82) is 0 Å². The molecule has 1 aliphatic rings. The Balaban J connectivity index is 1.80. The first-order chi connectivity index (χ1) is 9.67. The number of hydrogen-bond acceptors (Lipinski definition) is 6. The van der Waals surface area contributed by atoms with Gasteiger partial charge in [-0.15, -0.1) is 16.4 Å². The average molecular weight is 292 g/mol. The fourth-order valence-corrected chi connectivity index (χ4v) is 2.85. The molecular weight excluding hydrogens is 276 g/mol. The lowest BCUT2D eigenvalue weighted by Gasteiger charge is -1.97. The van der Waals surface area contributed by atoms with E-state index in [4.69, 9.17) is 4.74 Å². The number of aromatic nitrogens is 4. The first kappa shape index (κ1) is 13.2. The molecule has 0 amide bonds. The lowest BCUT2D eigenvalue weighted by atomic mass is 10.4. The second kappa shape index (κ2) is 5.32. The highest BCUT2D eigenvalue weighted by molar-refractivity contribution is 7.17. The average Bonchev–Trinajstić information content (AvgIpc) is 2.95. The van der Waals surface area contributed by atoms with E-state index in [1.54, 1.807) is 13.8 Å². The minimum atomic E-state index is -0.320. The summed E-state index contributed by atoms with van der Waals surface area (Å²) in [6.45, 7) is 4.88. The second-order valence-electron chi connectivity index (χ2n) is 4.92. The lowest BCUT2D eigenvalue weighted by Crippen LogP contribution is -2.03. The number of aryl methyl sites for hydroxylation is 1. The highest BCUT2D eigenvalue weighted by Crippen LogP contribution is 2.31. The monoisotopic (exact) mass is 292 g/mol. The fourth-order valence-electron chi connectivity index (χ4n) is 1.94. The summed E-state index contributed by atoms with van der Waals surface area (Å²) in [6, 6.07) is 0. The van der Waals surface area contributed by atoms with Gasteiger partial charge in [-0.25, -0.2) is 9.78 Å². The van der Waals surface area contributed by atoms with Crippen LogP contribution in [-0.2, 0) is 11.3 Å². The van der Waals surface area contributed by atoms with E-state index in [-0.39, 0.29) is 5.97 Å². The molecule has 1 aliphatic carbocycles. The number of esters is 1. The summed E-state index contributed by atoms with van der Waals surface area (Å²) in [5.41, 5.74) is 1.40. The maximum Gasteiger partial charge on any atom is 0.350 e. The van der Waals surface area contributed by atoms with E-state index < -0.39 is 0 Å². The molecule has 2 heterocycles. The standard InChI is InChI=1S/C13H16N4O2S/c1-3-19-13(18)11-8(2)14-12(20-11)10-7-17(16-15-10)6-9-4-5-9/h7,9H,3-6H2,1-2H3. The molecule has 20 heavy (non-hydrogen) atoms. The molecule has 0 radical (unpaired) electrons. The van der Waals surface area contributed by atoms with Gasteiger partial charge >= 0.3 is 5.97 Å². The van der Waals surface area contributed by atoms with E-state index in [1.807, 2.05) is 10.9 Å². The van der Waals surface area contributed by atoms with Gasteiger partial charge in [0, 0.05) is 6.54 Å². The number of ether oxygens (including phenoxy) is 1. The minimum absolute atomic E-state index is 0.320. The molecule has 6 nitrogen and oxygen atoms in total. The zero-order chi connectivity index (χ0) is 14.1. The summed E-state index contributed by atoms with van der Waals surface area (Å²) in [4.78, 5) is 16.7. The molecule has 0 spiro atoms. The van der Waals surface area contributed by atoms with Gasteiger partial charge in [-0.3, -0.25) is 4.68 Å². The van der Waals surface area contributed by atoms with E-state index in [2.05, 4.69) is 15.3 Å². The van der Waals surface area contributed by atoms with Crippen LogP contribution >= 0.6 is 11.3 Å². The molecule has 0 aromatic carbocycles. The first-order valence-electron chi connectivity index (χ1n) is 6.72. The molecule has 2 aromatic rings. The van der Waals surface area contributed by atoms with Crippen molar-refractivity contribution in [3.63, 3.8) is 0 Å². The molecule has 106 valence electrons. The molecule has 0 unspecified atom stereocenters. The lowest BCUT2D eigenvalue weighted by molar-refractivity contribution is 0.0531. The number of carbonyl (C=O) groups is 1. The van der Waals surface area contributed by atoms with Gasteiger partial charge in [-0.1, -0.05) is 5.21 Å². The van der Waals surface area contributed by atoms with Gasteiger partial charge in [0.05, 0.1) is 18.5 Å². The van der Waals surface area contributed by atoms with E-state index in [1.165, 1.54) is 24.2 Å². The normalized spacial score (nSPS) is 14.5. The van der Waals surface area contributed by atoms with Gasteiger partial charge in [0.25, 0.3) is 0 Å². The predicted octanol–water partition coefficient (Wildman–Crippen LogP) is 2.30. The van der Waals surface area contributed by atoms with Crippen molar-refractivity contribution < 1.29 is 9.53 Å². The van der Waals surface area contributed by atoms with Crippen LogP contribution in [0.4, 0.5) is 0 Å². The molecule has 7 heteroatoms. The summed E-state index contributed by atoms with van der Waals surface area (Å²) in [6.07, 6.45) is 4.45. The number of thiazole rings is 1. The third-order valence-corrected chi connectivity index (χ3v) is 4.32. The van der Waals surface area contributed by atoms with Gasteiger partial charge < -0.3 is 4.74 Å². The van der Waals surface area contributed by atoms with E-state index >= 15 is 0 Å². The number of carbonyl (C=O) groups excluding carboxylic acids is 1. The van der Waals surface area contributed by atoms with Crippen LogP contribution < -0.4 is 0 Å². The Morgan fingerprint density at radius 3 is 3.05 bits per heavy atom. The Hall–Kier alpha value is -1.76. The fraction of sp³-hybridized carbons (Fsp3) is 0.538. The molecule has 0 aliphatic heterocycles. The van der Waals surface area contributed by atoms with E-state index in [0.29, 0.717) is 27.9 Å². The highest BCUT2D eigenvalue weighted by Gasteiger charge is 2.23. The smallest absolute Gasteiger partial charge is 0.350 e. The second-order valence-corrected chi connectivity index (χ2v) is 5.92. The molecule has 1 fully saturated rings. The zero-order valence-electron chi connectivity index (χ0n) is 11.5. The van der Waals surface area contributed by atoms with Crippen molar-refractivity contribution in [3.05, 3.63) is 16.8 Å². The van der Waals surface area contributed by atoms with Crippen LogP contribution in [0.5, 0.6) is 0 Å². The Morgan fingerprint density at radius 2 is 2.35 bits per heavy atom. The van der Waals surface area contributed by atoms with Gasteiger partial charge in [-0.2, -0.15) is 0 Å².